The van der Waals surface area contributed by atoms with Crippen molar-refractivity contribution in [3.8, 4) is 22.6 Å². The van der Waals surface area contributed by atoms with E-state index in [9.17, 15) is 29.7 Å². The van der Waals surface area contributed by atoms with E-state index >= 15 is 0 Å². The topological polar surface area (TPSA) is 197 Å². The number of amides is 2. The van der Waals surface area contributed by atoms with Gasteiger partial charge >= 0.3 is 5.97 Å². The Hall–Kier alpha value is -3.67. The molecule has 0 radical (unpaired) electrons. The van der Waals surface area contributed by atoms with Crippen LogP contribution < -0.4 is 22.1 Å². The van der Waals surface area contributed by atoms with Crippen molar-refractivity contribution < 1.29 is 34.4 Å². The molecular formula is C23H30N4O7. The molecule has 2 aromatic rings. The first kappa shape index (κ1) is 26.6. The van der Waals surface area contributed by atoms with Crippen LogP contribution in [0, 0.1) is 0 Å². The number of esters is 1. The normalized spacial score (nSPS) is 20.4. The van der Waals surface area contributed by atoms with E-state index in [1.54, 1.807) is 18.2 Å². The molecular weight excluding hydrogens is 444 g/mol. The highest BCUT2D eigenvalue weighted by atomic mass is 16.5. The average Bonchev–Trinajstić information content (AvgIpc) is 2.81. The molecule has 34 heavy (non-hydrogen) atoms. The van der Waals surface area contributed by atoms with Crippen molar-refractivity contribution in [3.05, 3.63) is 47.5 Å². The first-order valence-electron chi connectivity index (χ1n) is 10.6. The smallest absolute Gasteiger partial charge is 0.331 e. The average molecular weight is 475 g/mol. The SMILES string of the molecule is CCN.COC(=O)C1NC(=O)CNC(=O)C(N)Cc2cc(ccc2O)-c2ccc(O)c(c2)C1O. The molecule has 0 aromatic heterocycles. The zero-order valence-electron chi connectivity index (χ0n) is 18.9. The number of benzene rings is 2. The number of hydrogen-bond acceptors (Lipinski definition) is 9. The van der Waals surface area contributed by atoms with Crippen LogP contribution >= 0.6 is 0 Å². The second-order valence-electron chi connectivity index (χ2n) is 7.57. The van der Waals surface area contributed by atoms with E-state index in [1.165, 1.54) is 18.2 Å². The molecule has 2 amide bonds. The number of carbonyl (C=O) groups is 3. The van der Waals surface area contributed by atoms with Crippen LogP contribution in [0.15, 0.2) is 36.4 Å². The van der Waals surface area contributed by atoms with Crippen molar-refractivity contribution in [3.63, 3.8) is 0 Å². The fourth-order valence-corrected chi connectivity index (χ4v) is 3.33. The lowest BCUT2D eigenvalue weighted by molar-refractivity contribution is -0.148. The number of nitrogens with two attached hydrogens (primary N) is 2. The zero-order chi connectivity index (χ0) is 25.4. The van der Waals surface area contributed by atoms with Crippen LogP contribution in [-0.2, 0) is 25.5 Å². The third kappa shape index (κ3) is 6.44. The number of nitrogens with one attached hydrogen (secondary N) is 2. The molecule has 1 aliphatic rings. The first-order valence-corrected chi connectivity index (χ1v) is 10.6. The van der Waals surface area contributed by atoms with Crippen molar-refractivity contribution in [1.29, 1.82) is 0 Å². The Balaban J connectivity index is 0.00000129. The van der Waals surface area contributed by atoms with E-state index in [0.29, 0.717) is 16.7 Å². The van der Waals surface area contributed by atoms with E-state index < -0.39 is 42.5 Å². The van der Waals surface area contributed by atoms with Crippen LogP contribution in [0.5, 0.6) is 11.5 Å². The number of methoxy groups -OCH3 is 1. The molecule has 1 aliphatic heterocycles. The number of ether oxygens (including phenoxy) is 1. The molecule has 2 aromatic carbocycles. The molecule has 0 spiro atoms. The summed E-state index contributed by atoms with van der Waals surface area (Å²) >= 11 is 0. The summed E-state index contributed by atoms with van der Waals surface area (Å²) in [6.45, 7) is 2.14. The van der Waals surface area contributed by atoms with Crippen molar-refractivity contribution >= 4 is 17.8 Å². The van der Waals surface area contributed by atoms with Crippen molar-refractivity contribution in [2.24, 2.45) is 11.5 Å². The third-order valence-electron chi connectivity index (χ3n) is 5.05. The van der Waals surface area contributed by atoms with Gasteiger partial charge in [-0.3, -0.25) is 9.59 Å². The number of aromatic hydroxyl groups is 2. The minimum Gasteiger partial charge on any atom is -0.508 e. The van der Waals surface area contributed by atoms with Crippen LogP contribution in [0.3, 0.4) is 0 Å². The number of fused-ring (bicyclic) bond motifs is 5. The van der Waals surface area contributed by atoms with Crippen LogP contribution in [0.4, 0.5) is 0 Å². The largest absolute Gasteiger partial charge is 0.508 e. The maximum Gasteiger partial charge on any atom is 0.331 e. The Bertz CT molecular complexity index is 1040. The van der Waals surface area contributed by atoms with Gasteiger partial charge in [0.05, 0.1) is 19.7 Å². The van der Waals surface area contributed by atoms with Crippen molar-refractivity contribution in [2.45, 2.75) is 31.5 Å². The Morgan fingerprint density at radius 2 is 1.71 bits per heavy atom. The maximum absolute atomic E-state index is 12.3. The minimum absolute atomic E-state index is 0.00543. The standard InChI is InChI=1S/C21H23N3O7.C2H7N/c1-31-21(30)18-19(28)13-7-11(3-5-16(13)26)10-2-4-15(25)12(6-10)8-14(22)20(29)23-9-17(27)24-18;1-2-3/h2-7,14,18-19,25-26,28H,8-9,22H2,1H3,(H,23,29)(H,24,27);2-3H2,1H3. The molecule has 3 unspecified atom stereocenters. The van der Waals surface area contributed by atoms with E-state index in [0.717, 1.165) is 13.7 Å². The summed E-state index contributed by atoms with van der Waals surface area (Å²) < 4.78 is 4.67. The van der Waals surface area contributed by atoms with Crippen molar-refractivity contribution in [2.75, 3.05) is 20.2 Å². The van der Waals surface area contributed by atoms with Gasteiger partial charge in [0.2, 0.25) is 11.8 Å². The van der Waals surface area contributed by atoms with Crippen molar-refractivity contribution in [1.82, 2.24) is 10.6 Å². The number of phenols is 2. The number of rotatable bonds is 1. The zero-order valence-corrected chi connectivity index (χ0v) is 18.9. The van der Waals surface area contributed by atoms with Gasteiger partial charge in [0, 0.05) is 12.0 Å². The minimum atomic E-state index is -1.64. The second-order valence-corrected chi connectivity index (χ2v) is 7.57. The molecule has 4 bridgehead atoms. The third-order valence-corrected chi connectivity index (χ3v) is 5.05. The fourth-order valence-electron chi connectivity index (χ4n) is 3.33. The number of phenolic OH excluding ortho intramolecular Hbond substituents is 2. The summed E-state index contributed by atoms with van der Waals surface area (Å²) in [5.41, 5.74) is 12.3. The summed E-state index contributed by atoms with van der Waals surface area (Å²) in [7, 11) is 1.09. The summed E-state index contributed by atoms with van der Waals surface area (Å²) in [6.07, 6.45) is -1.64. The lowest BCUT2D eigenvalue weighted by Crippen LogP contribution is -2.51. The Kier molecular flexibility index (Phi) is 9.36. The first-order chi connectivity index (χ1) is 16.1. The summed E-state index contributed by atoms with van der Waals surface area (Å²) in [5, 5.41) is 35.9. The van der Waals surface area contributed by atoms with Crippen LogP contribution in [0.25, 0.3) is 11.1 Å². The van der Waals surface area contributed by atoms with Gasteiger partial charge in [-0.1, -0.05) is 19.1 Å². The fraction of sp³-hybridized carbons (Fsp3) is 0.348. The van der Waals surface area contributed by atoms with E-state index in [1.807, 2.05) is 6.92 Å². The van der Waals surface area contributed by atoms with E-state index in [-0.39, 0.29) is 23.5 Å². The lowest BCUT2D eigenvalue weighted by Gasteiger charge is -2.23. The molecule has 9 N–H and O–H groups in total. The molecule has 3 rings (SSSR count). The quantitative estimate of drug-likeness (QED) is 0.264. The number of hydrogen-bond donors (Lipinski definition) is 7. The van der Waals surface area contributed by atoms with Gasteiger partial charge in [0.15, 0.2) is 6.04 Å². The van der Waals surface area contributed by atoms with Crippen LogP contribution in [-0.4, -0.2) is 65.4 Å². The predicted octanol–water partition coefficient (Wildman–Crippen LogP) is -0.579. The van der Waals surface area contributed by atoms with Crippen LogP contribution in [0.1, 0.15) is 24.2 Å². The van der Waals surface area contributed by atoms with Gasteiger partial charge in [0.25, 0.3) is 0 Å². The van der Waals surface area contributed by atoms with Gasteiger partial charge in [-0.25, -0.2) is 4.79 Å². The highest BCUT2D eigenvalue weighted by Gasteiger charge is 2.33. The van der Waals surface area contributed by atoms with Gasteiger partial charge in [-0.2, -0.15) is 0 Å². The Morgan fingerprint density at radius 1 is 1.12 bits per heavy atom. The monoisotopic (exact) mass is 474 g/mol. The molecule has 11 nitrogen and oxygen atoms in total. The Morgan fingerprint density at radius 3 is 2.32 bits per heavy atom. The summed E-state index contributed by atoms with van der Waals surface area (Å²) in [5.74, 6) is -2.70. The molecule has 0 saturated carbocycles. The molecule has 3 atom stereocenters. The lowest BCUT2D eigenvalue weighted by atomic mass is 9.94. The number of carbonyl (C=O) groups excluding carboxylic acids is 3. The molecule has 0 fully saturated rings. The maximum atomic E-state index is 12.3. The molecule has 0 saturated heterocycles. The Labute approximate surface area is 196 Å². The molecule has 184 valence electrons. The summed E-state index contributed by atoms with van der Waals surface area (Å²) in [4.78, 5) is 36.7. The van der Waals surface area contributed by atoms with Gasteiger partial charge in [-0.05, 0) is 47.5 Å². The van der Waals surface area contributed by atoms with Gasteiger partial charge < -0.3 is 42.2 Å². The van der Waals surface area contributed by atoms with E-state index in [2.05, 4.69) is 15.4 Å². The second kappa shape index (κ2) is 12.0. The summed E-state index contributed by atoms with van der Waals surface area (Å²) in [6, 6.07) is 6.49. The molecule has 11 heteroatoms. The number of aliphatic hydroxyl groups excluding tert-OH is 1. The van der Waals surface area contributed by atoms with E-state index in [4.69, 9.17) is 11.5 Å². The molecule has 0 aliphatic carbocycles. The molecule has 1 heterocycles. The number of aliphatic hydroxyl groups is 1. The van der Waals surface area contributed by atoms with Gasteiger partial charge in [-0.15, -0.1) is 0 Å². The predicted molar refractivity (Wildman–Crippen MR) is 124 cm³/mol. The highest BCUT2D eigenvalue weighted by molar-refractivity contribution is 5.90. The highest BCUT2D eigenvalue weighted by Crippen LogP contribution is 2.33. The van der Waals surface area contributed by atoms with Crippen LogP contribution in [0.2, 0.25) is 0 Å². The van der Waals surface area contributed by atoms with Gasteiger partial charge in [0.1, 0.15) is 17.6 Å².